The number of aliphatic carboxylic acids is 1. The lowest BCUT2D eigenvalue weighted by Gasteiger charge is -2.11. The Morgan fingerprint density at radius 1 is 1.29 bits per heavy atom. The molecule has 1 aromatic carbocycles. The van der Waals surface area contributed by atoms with Crippen molar-refractivity contribution in [3.63, 3.8) is 0 Å². The summed E-state index contributed by atoms with van der Waals surface area (Å²) < 4.78 is 0. The lowest BCUT2D eigenvalue weighted by Crippen LogP contribution is -2.14. The van der Waals surface area contributed by atoms with Crippen molar-refractivity contribution < 1.29 is 9.90 Å². The third-order valence-corrected chi connectivity index (χ3v) is 3.25. The Hall–Kier alpha value is -1.57. The molecule has 1 aliphatic carbocycles. The van der Waals surface area contributed by atoms with Crippen LogP contribution in [0.25, 0.3) is 0 Å². The summed E-state index contributed by atoms with van der Waals surface area (Å²) in [5, 5.41) is 9.29. The lowest BCUT2D eigenvalue weighted by atomic mass is 9.93. The summed E-state index contributed by atoms with van der Waals surface area (Å²) in [6, 6.07) is 8.25. The zero-order chi connectivity index (χ0) is 12.4. The van der Waals surface area contributed by atoms with E-state index in [9.17, 15) is 9.90 Å². The van der Waals surface area contributed by atoms with Crippen LogP contribution in [0.2, 0.25) is 0 Å². The largest absolute Gasteiger partial charge is 0.478 e. The number of carboxylic acid groups (broad SMARTS) is 1. The standard InChI is InChI=1S/C15H18O2/c1-10(2)7-14(15(16)17)13-8-11-5-3-4-6-12(11)9-13/h3-7,10,13H,8-9H2,1-2H3,(H,16,17). The molecule has 0 amide bonds. The number of benzene rings is 1. The monoisotopic (exact) mass is 230 g/mol. The highest BCUT2D eigenvalue weighted by Crippen LogP contribution is 2.31. The molecule has 0 aliphatic heterocycles. The van der Waals surface area contributed by atoms with Crippen LogP contribution in [0, 0.1) is 11.8 Å². The molecule has 0 unspecified atom stereocenters. The summed E-state index contributed by atoms with van der Waals surface area (Å²) in [4.78, 5) is 11.3. The topological polar surface area (TPSA) is 37.3 Å². The van der Waals surface area contributed by atoms with Crippen LogP contribution in [0.3, 0.4) is 0 Å². The Bertz CT molecular complexity index is 433. The van der Waals surface area contributed by atoms with Gasteiger partial charge >= 0.3 is 5.97 Å². The molecule has 0 fully saturated rings. The van der Waals surface area contributed by atoms with Crippen LogP contribution >= 0.6 is 0 Å². The van der Waals surface area contributed by atoms with Gasteiger partial charge in [-0.2, -0.15) is 0 Å². The van der Waals surface area contributed by atoms with Gasteiger partial charge in [-0.1, -0.05) is 44.2 Å². The molecule has 2 nitrogen and oxygen atoms in total. The molecule has 0 spiro atoms. The van der Waals surface area contributed by atoms with Gasteiger partial charge in [0.2, 0.25) is 0 Å². The van der Waals surface area contributed by atoms with E-state index in [0.29, 0.717) is 5.57 Å². The number of hydrogen-bond donors (Lipinski definition) is 1. The summed E-state index contributed by atoms with van der Waals surface area (Å²) in [7, 11) is 0. The molecule has 90 valence electrons. The van der Waals surface area contributed by atoms with Crippen molar-refractivity contribution in [2.75, 3.05) is 0 Å². The molecule has 0 atom stereocenters. The summed E-state index contributed by atoms with van der Waals surface area (Å²) in [6.45, 7) is 4.04. The molecular weight excluding hydrogens is 212 g/mol. The van der Waals surface area contributed by atoms with Gasteiger partial charge in [-0.3, -0.25) is 0 Å². The Labute approximate surface area is 102 Å². The van der Waals surface area contributed by atoms with Crippen molar-refractivity contribution in [3.8, 4) is 0 Å². The Balaban J connectivity index is 2.23. The van der Waals surface area contributed by atoms with Gasteiger partial charge in [-0.25, -0.2) is 4.79 Å². The fourth-order valence-corrected chi connectivity index (χ4v) is 2.52. The van der Waals surface area contributed by atoms with Crippen LogP contribution < -0.4 is 0 Å². The molecule has 2 rings (SSSR count). The SMILES string of the molecule is CC(C)C=C(C(=O)O)C1Cc2ccccc2C1. The first-order valence-corrected chi connectivity index (χ1v) is 6.09. The smallest absolute Gasteiger partial charge is 0.331 e. The van der Waals surface area contributed by atoms with E-state index in [1.165, 1.54) is 11.1 Å². The van der Waals surface area contributed by atoms with Gasteiger partial charge in [0.15, 0.2) is 0 Å². The summed E-state index contributed by atoms with van der Waals surface area (Å²) in [6.07, 6.45) is 3.61. The number of allylic oxidation sites excluding steroid dienone is 1. The number of carbonyl (C=O) groups is 1. The van der Waals surface area contributed by atoms with E-state index < -0.39 is 5.97 Å². The van der Waals surface area contributed by atoms with Gasteiger partial charge in [-0.05, 0) is 35.8 Å². The molecule has 0 bridgehead atoms. The van der Waals surface area contributed by atoms with Gasteiger partial charge in [0.25, 0.3) is 0 Å². The molecule has 0 saturated heterocycles. The van der Waals surface area contributed by atoms with E-state index >= 15 is 0 Å². The minimum Gasteiger partial charge on any atom is -0.478 e. The number of rotatable bonds is 3. The van der Waals surface area contributed by atoms with Gasteiger partial charge < -0.3 is 5.11 Å². The Kier molecular flexibility index (Phi) is 3.32. The van der Waals surface area contributed by atoms with E-state index in [1.807, 2.05) is 32.1 Å². The maximum absolute atomic E-state index is 11.3. The highest BCUT2D eigenvalue weighted by atomic mass is 16.4. The maximum atomic E-state index is 11.3. The van der Waals surface area contributed by atoms with Crippen LogP contribution in [-0.4, -0.2) is 11.1 Å². The number of carboxylic acids is 1. The Morgan fingerprint density at radius 2 is 1.82 bits per heavy atom. The van der Waals surface area contributed by atoms with Crippen LogP contribution in [0.5, 0.6) is 0 Å². The van der Waals surface area contributed by atoms with Gasteiger partial charge in [-0.15, -0.1) is 0 Å². The lowest BCUT2D eigenvalue weighted by molar-refractivity contribution is -0.133. The second kappa shape index (κ2) is 4.74. The van der Waals surface area contributed by atoms with Crippen LogP contribution in [0.4, 0.5) is 0 Å². The fraction of sp³-hybridized carbons (Fsp3) is 0.400. The maximum Gasteiger partial charge on any atom is 0.331 e. The van der Waals surface area contributed by atoms with E-state index in [-0.39, 0.29) is 11.8 Å². The first kappa shape index (κ1) is 11.9. The van der Waals surface area contributed by atoms with E-state index in [2.05, 4.69) is 12.1 Å². The minimum absolute atomic E-state index is 0.146. The van der Waals surface area contributed by atoms with Crippen molar-refractivity contribution >= 4 is 5.97 Å². The van der Waals surface area contributed by atoms with Gasteiger partial charge in [0.05, 0.1) is 0 Å². The average Bonchev–Trinajstić information content (AvgIpc) is 2.68. The molecule has 0 radical (unpaired) electrons. The second-order valence-corrected chi connectivity index (χ2v) is 5.05. The van der Waals surface area contributed by atoms with Crippen molar-refractivity contribution in [1.82, 2.24) is 0 Å². The van der Waals surface area contributed by atoms with Gasteiger partial charge in [0, 0.05) is 5.57 Å². The molecule has 1 aliphatic rings. The van der Waals surface area contributed by atoms with Crippen LogP contribution in [0.15, 0.2) is 35.9 Å². The molecule has 2 heteroatoms. The average molecular weight is 230 g/mol. The Morgan fingerprint density at radius 3 is 2.24 bits per heavy atom. The molecule has 0 aromatic heterocycles. The quantitative estimate of drug-likeness (QED) is 0.810. The van der Waals surface area contributed by atoms with Crippen LogP contribution in [-0.2, 0) is 17.6 Å². The van der Waals surface area contributed by atoms with Gasteiger partial charge in [0.1, 0.15) is 0 Å². The molecule has 17 heavy (non-hydrogen) atoms. The molecular formula is C15H18O2. The van der Waals surface area contributed by atoms with E-state index in [0.717, 1.165) is 12.8 Å². The zero-order valence-electron chi connectivity index (χ0n) is 10.3. The molecule has 0 saturated carbocycles. The molecule has 1 N–H and O–H groups in total. The van der Waals surface area contributed by atoms with Crippen molar-refractivity contribution in [2.45, 2.75) is 26.7 Å². The highest BCUT2D eigenvalue weighted by Gasteiger charge is 2.27. The zero-order valence-corrected chi connectivity index (χ0v) is 10.3. The third kappa shape index (κ3) is 2.57. The normalized spacial score (nSPS) is 16.3. The third-order valence-electron chi connectivity index (χ3n) is 3.25. The number of hydrogen-bond acceptors (Lipinski definition) is 1. The second-order valence-electron chi connectivity index (χ2n) is 5.05. The summed E-state index contributed by atoms with van der Waals surface area (Å²) in [5.41, 5.74) is 3.18. The summed E-state index contributed by atoms with van der Waals surface area (Å²) in [5.74, 6) is -0.339. The predicted molar refractivity (Wildman–Crippen MR) is 67.9 cm³/mol. The first-order valence-electron chi connectivity index (χ1n) is 6.09. The van der Waals surface area contributed by atoms with Crippen molar-refractivity contribution in [1.29, 1.82) is 0 Å². The summed E-state index contributed by atoms with van der Waals surface area (Å²) >= 11 is 0. The van der Waals surface area contributed by atoms with Crippen LogP contribution in [0.1, 0.15) is 25.0 Å². The minimum atomic E-state index is -0.767. The van der Waals surface area contributed by atoms with Crippen molar-refractivity contribution in [3.05, 3.63) is 47.0 Å². The van der Waals surface area contributed by atoms with E-state index in [4.69, 9.17) is 0 Å². The van der Waals surface area contributed by atoms with Crippen molar-refractivity contribution in [2.24, 2.45) is 11.8 Å². The fourth-order valence-electron chi connectivity index (χ4n) is 2.52. The predicted octanol–water partition coefficient (Wildman–Crippen LogP) is 3.07. The van der Waals surface area contributed by atoms with E-state index in [1.54, 1.807) is 0 Å². The highest BCUT2D eigenvalue weighted by molar-refractivity contribution is 5.87. The molecule has 0 heterocycles. The first-order chi connectivity index (χ1) is 8.08. The number of fused-ring (bicyclic) bond motifs is 1. The molecule has 1 aromatic rings.